The van der Waals surface area contributed by atoms with Gasteiger partial charge in [-0.1, -0.05) is 91.0 Å². The molecule has 3 rings (SSSR count). The van der Waals surface area contributed by atoms with E-state index in [9.17, 15) is 10.2 Å². The van der Waals surface area contributed by atoms with Gasteiger partial charge in [0.15, 0.2) is 11.2 Å². The topological polar surface area (TPSA) is 39.8 Å². The summed E-state index contributed by atoms with van der Waals surface area (Å²) in [7, 11) is 0. The molecule has 0 aliphatic heterocycles. The molecule has 23 heavy (non-hydrogen) atoms. The minimum Gasteiger partial charge on any atom is -0.220 e. The van der Waals surface area contributed by atoms with Gasteiger partial charge in [-0.3, -0.25) is 0 Å². The van der Waals surface area contributed by atoms with Gasteiger partial charge >= 0.3 is 0 Å². The Labute approximate surface area is 136 Å². The van der Waals surface area contributed by atoms with Crippen LogP contribution in [0.15, 0.2) is 91.0 Å². The summed E-state index contributed by atoms with van der Waals surface area (Å²) in [6.45, 7) is 1.48. The van der Waals surface area contributed by atoms with Gasteiger partial charge < -0.3 is 0 Å². The highest BCUT2D eigenvalue weighted by atomic mass is 16.4. The first-order valence-corrected chi connectivity index (χ1v) is 7.64. The molecule has 1 unspecified atom stereocenters. The van der Waals surface area contributed by atoms with Gasteiger partial charge in [0.1, 0.15) is 0 Å². The van der Waals surface area contributed by atoms with E-state index in [0.29, 0.717) is 16.7 Å². The van der Waals surface area contributed by atoms with E-state index in [1.165, 1.54) is 6.92 Å². The third kappa shape index (κ3) is 2.56. The maximum absolute atomic E-state index is 14.0. The Kier molecular flexibility index (Phi) is 4.03. The lowest BCUT2D eigenvalue weighted by Crippen LogP contribution is -2.46. The Morgan fingerprint density at radius 1 is 0.522 bits per heavy atom. The van der Waals surface area contributed by atoms with Gasteiger partial charge in [-0.15, -0.1) is 0 Å². The average Bonchev–Trinajstić information content (AvgIpc) is 2.63. The van der Waals surface area contributed by atoms with Gasteiger partial charge in [0, 0.05) is 0 Å². The first kappa shape index (κ1) is 15.5. The SMILES string of the molecule is CC([O])(c1ccccc1)C([O])(c1ccccc1)c1ccccc1. The van der Waals surface area contributed by atoms with E-state index in [2.05, 4.69) is 0 Å². The third-order valence-electron chi connectivity index (χ3n) is 4.36. The minimum absolute atomic E-state index is 0.479. The van der Waals surface area contributed by atoms with Crippen LogP contribution in [0.25, 0.3) is 0 Å². The van der Waals surface area contributed by atoms with E-state index < -0.39 is 11.2 Å². The fourth-order valence-corrected chi connectivity index (χ4v) is 3.02. The summed E-state index contributed by atoms with van der Waals surface area (Å²) < 4.78 is 0. The predicted molar refractivity (Wildman–Crippen MR) is 88.8 cm³/mol. The number of hydrogen-bond acceptors (Lipinski definition) is 0. The zero-order valence-corrected chi connectivity index (χ0v) is 13.0. The predicted octanol–water partition coefficient (Wildman–Crippen LogP) is 4.71. The lowest BCUT2D eigenvalue weighted by atomic mass is 9.70. The maximum Gasteiger partial charge on any atom is 0.189 e. The van der Waals surface area contributed by atoms with E-state index in [-0.39, 0.29) is 0 Å². The summed E-state index contributed by atoms with van der Waals surface area (Å²) in [6, 6.07) is 26.7. The molecule has 3 aromatic rings. The van der Waals surface area contributed by atoms with E-state index in [1.54, 1.807) is 72.8 Å². The summed E-state index contributed by atoms with van der Waals surface area (Å²) >= 11 is 0. The Balaban J connectivity index is 2.25. The molecule has 2 radical (unpaired) electrons. The fourth-order valence-electron chi connectivity index (χ4n) is 3.02. The van der Waals surface area contributed by atoms with Crippen molar-refractivity contribution < 1.29 is 10.2 Å². The highest BCUT2D eigenvalue weighted by Gasteiger charge is 2.53. The minimum atomic E-state index is -1.92. The van der Waals surface area contributed by atoms with Crippen LogP contribution < -0.4 is 0 Å². The Bertz CT molecular complexity index is 710. The normalized spacial score (nSPS) is 14.2. The van der Waals surface area contributed by atoms with Crippen molar-refractivity contribution in [3.05, 3.63) is 108 Å². The van der Waals surface area contributed by atoms with Crippen LogP contribution in [-0.2, 0) is 21.4 Å². The van der Waals surface area contributed by atoms with Gasteiger partial charge in [0.25, 0.3) is 0 Å². The van der Waals surface area contributed by atoms with Crippen molar-refractivity contribution in [2.24, 2.45) is 0 Å². The standard InChI is InChI=1S/C21H18O2/c1-20(22,17-11-5-2-6-12-17)21(23,18-13-7-3-8-14-18)19-15-9-4-10-16-19/h2-16H,1H3. The highest BCUT2D eigenvalue weighted by molar-refractivity contribution is 5.43. The van der Waals surface area contributed by atoms with E-state index >= 15 is 0 Å². The molecule has 2 heteroatoms. The molecule has 0 N–H and O–H groups in total. The van der Waals surface area contributed by atoms with Gasteiger partial charge in [0.2, 0.25) is 0 Å². The van der Waals surface area contributed by atoms with Crippen LogP contribution in [0.2, 0.25) is 0 Å². The van der Waals surface area contributed by atoms with Gasteiger partial charge in [-0.05, 0) is 23.6 Å². The van der Waals surface area contributed by atoms with Crippen molar-refractivity contribution in [1.29, 1.82) is 0 Å². The summed E-state index contributed by atoms with van der Waals surface area (Å²) in [5.74, 6) is 0. The van der Waals surface area contributed by atoms with E-state index in [0.717, 1.165) is 0 Å². The number of benzene rings is 3. The van der Waals surface area contributed by atoms with Gasteiger partial charge in [-0.2, -0.15) is 0 Å². The molecule has 0 heterocycles. The summed E-state index contributed by atoms with van der Waals surface area (Å²) in [5.41, 5.74) is -2.32. The van der Waals surface area contributed by atoms with Crippen LogP contribution in [0, 0.1) is 0 Å². The molecule has 0 aliphatic carbocycles. The van der Waals surface area contributed by atoms with Crippen LogP contribution in [-0.4, -0.2) is 0 Å². The fraction of sp³-hybridized carbons (Fsp3) is 0.143. The van der Waals surface area contributed by atoms with Crippen molar-refractivity contribution in [1.82, 2.24) is 0 Å². The molecular weight excluding hydrogens is 284 g/mol. The first-order valence-electron chi connectivity index (χ1n) is 7.64. The molecule has 0 aliphatic rings. The summed E-state index contributed by atoms with van der Waals surface area (Å²) in [4.78, 5) is 0. The van der Waals surface area contributed by atoms with Crippen molar-refractivity contribution in [3.63, 3.8) is 0 Å². The molecule has 0 aromatic heterocycles. The van der Waals surface area contributed by atoms with Crippen molar-refractivity contribution in [2.45, 2.75) is 18.1 Å². The van der Waals surface area contributed by atoms with Crippen molar-refractivity contribution in [2.75, 3.05) is 0 Å². The molecule has 114 valence electrons. The third-order valence-corrected chi connectivity index (χ3v) is 4.36. The molecule has 1 atom stereocenters. The smallest absolute Gasteiger partial charge is 0.189 e. The lowest BCUT2D eigenvalue weighted by Gasteiger charge is -2.38. The molecule has 3 aromatic carbocycles. The van der Waals surface area contributed by atoms with Gasteiger partial charge in [0.05, 0.1) is 0 Å². The lowest BCUT2D eigenvalue weighted by molar-refractivity contribution is -0.195. The molecule has 0 bridgehead atoms. The van der Waals surface area contributed by atoms with Crippen molar-refractivity contribution >= 4 is 0 Å². The molecule has 0 amide bonds. The molecule has 0 spiro atoms. The summed E-state index contributed by atoms with van der Waals surface area (Å²) in [6.07, 6.45) is 0. The average molecular weight is 302 g/mol. The number of hydrogen-bond donors (Lipinski definition) is 0. The Morgan fingerprint density at radius 3 is 1.17 bits per heavy atom. The molecule has 0 saturated carbocycles. The van der Waals surface area contributed by atoms with Crippen molar-refractivity contribution in [3.8, 4) is 0 Å². The highest BCUT2D eigenvalue weighted by Crippen LogP contribution is 2.46. The molecular formula is C21H18O2. The monoisotopic (exact) mass is 302 g/mol. The van der Waals surface area contributed by atoms with E-state index in [4.69, 9.17) is 0 Å². The second kappa shape index (κ2) is 5.99. The second-order valence-corrected chi connectivity index (χ2v) is 5.81. The largest absolute Gasteiger partial charge is 0.220 e. The Hall–Kier alpha value is -2.42. The van der Waals surface area contributed by atoms with Crippen LogP contribution in [0.5, 0.6) is 0 Å². The Morgan fingerprint density at radius 2 is 0.826 bits per heavy atom. The van der Waals surface area contributed by atoms with Crippen LogP contribution >= 0.6 is 0 Å². The van der Waals surface area contributed by atoms with Gasteiger partial charge in [-0.25, -0.2) is 10.2 Å². The van der Waals surface area contributed by atoms with Crippen LogP contribution in [0.1, 0.15) is 23.6 Å². The summed E-state index contributed by atoms with van der Waals surface area (Å²) in [5, 5.41) is 27.6. The first-order chi connectivity index (χ1) is 11.1. The maximum atomic E-state index is 14.0. The van der Waals surface area contributed by atoms with E-state index in [1.807, 2.05) is 18.2 Å². The molecule has 0 saturated heterocycles. The quantitative estimate of drug-likeness (QED) is 0.670. The molecule has 0 fully saturated rings. The van der Waals surface area contributed by atoms with Crippen LogP contribution in [0.3, 0.4) is 0 Å². The zero-order valence-electron chi connectivity index (χ0n) is 13.0. The number of rotatable bonds is 4. The zero-order chi connectivity index (χ0) is 16.3. The van der Waals surface area contributed by atoms with Crippen LogP contribution in [0.4, 0.5) is 0 Å². The molecule has 2 nitrogen and oxygen atoms in total. The second-order valence-electron chi connectivity index (χ2n) is 5.81.